The van der Waals surface area contributed by atoms with E-state index in [-0.39, 0.29) is 23.5 Å². The highest BCUT2D eigenvalue weighted by atomic mass is 19.1. The molecule has 1 aliphatic heterocycles. The van der Waals surface area contributed by atoms with Gasteiger partial charge in [-0.05, 0) is 48.9 Å². The lowest BCUT2D eigenvalue weighted by molar-refractivity contribution is -0.126. The van der Waals surface area contributed by atoms with Crippen LogP contribution in [0.25, 0.3) is 0 Å². The van der Waals surface area contributed by atoms with Crippen molar-refractivity contribution in [3.63, 3.8) is 0 Å². The van der Waals surface area contributed by atoms with Gasteiger partial charge in [0.2, 0.25) is 11.7 Å². The first kappa shape index (κ1) is 20.9. The molecule has 0 saturated carbocycles. The number of β-lactam (4-membered cyclic amide) rings is 1. The fraction of sp³-hybridized carbons (Fsp3) is 0.143. The normalized spacial score (nSPS) is 17.7. The number of hydrogen-bond acceptors (Lipinski definition) is 2. The van der Waals surface area contributed by atoms with E-state index in [1.165, 1.54) is 12.1 Å². The number of benzene rings is 3. The molecule has 1 fully saturated rings. The highest BCUT2D eigenvalue weighted by Crippen LogP contribution is 2.49. The maximum absolute atomic E-state index is 13.6. The van der Waals surface area contributed by atoms with Crippen LogP contribution in [-0.4, -0.2) is 16.3 Å². The van der Waals surface area contributed by atoms with Gasteiger partial charge < -0.3 is 9.47 Å². The van der Waals surface area contributed by atoms with Gasteiger partial charge in [0.1, 0.15) is 11.7 Å². The predicted octanol–water partition coefficient (Wildman–Crippen LogP) is 5.58. The lowest BCUT2D eigenvalue weighted by atomic mass is 9.79. The first-order valence-electron chi connectivity index (χ1n) is 10.9. The van der Waals surface area contributed by atoms with Crippen LogP contribution in [0.2, 0.25) is 0 Å². The number of aryl methyl sites for hydroxylation is 1. The Morgan fingerprint density at radius 1 is 0.848 bits per heavy atom. The Hall–Kier alpha value is -3.99. The average Bonchev–Trinajstić information content (AvgIpc) is 3.19. The lowest BCUT2D eigenvalue weighted by Gasteiger charge is -2.47. The summed E-state index contributed by atoms with van der Waals surface area (Å²) in [6.45, 7) is 1.98. The summed E-state index contributed by atoms with van der Waals surface area (Å²) < 4.78 is 15.4. The quantitative estimate of drug-likeness (QED) is 0.302. The van der Waals surface area contributed by atoms with Gasteiger partial charge in [-0.3, -0.25) is 9.59 Å². The van der Waals surface area contributed by atoms with Crippen LogP contribution < -0.4 is 4.90 Å². The van der Waals surface area contributed by atoms with Crippen LogP contribution in [0.4, 0.5) is 10.1 Å². The van der Waals surface area contributed by atoms with Gasteiger partial charge in [0, 0.05) is 24.0 Å². The molecule has 33 heavy (non-hydrogen) atoms. The molecular formula is C28H23FN2O2. The van der Waals surface area contributed by atoms with Crippen LogP contribution in [0.15, 0.2) is 91.0 Å². The summed E-state index contributed by atoms with van der Waals surface area (Å²) in [4.78, 5) is 28.3. The number of halogens is 1. The number of aromatic nitrogens is 1. The van der Waals surface area contributed by atoms with Gasteiger partial charge in [0.25, 0.3) is 0 Å². The number of para-hydroxylation sites is 1. The summed E-state index contributed by atoms with van der Waals surface area (Å²) in [7, 11) is 1.82. The maximum Gasteiger partial charge on any atom is 0.239 e. The largest absolute Gasteiger partial charge is 0.344 e. The first-order chi connectivity index (χ1) is 16.0. The third kappa shape index (κ3) is 3.55. The monoisotopic (exact) mass is 438 g/mol. The third-order valence-electron chi connectivity index (χ3n) is 6.37. The van der Waals surface area contributed by atoms with Gasteiger partial charge in [-0.25, -0.2) is 4.39 Å². The van der Waals surface area contributed by atoms with Crippen LogP contribution in [0.5, 0.6) is 0 Å². The second kappa shape index (κ2) is 8.17. The molecule has 1 aromatic heterocycles. The number of rotatable bonds is 5. The minimum absolute atomic E-state index is 0.0499. The fourth-order valence-electron chi connectivity index (χ4n) is 4.58. The number of ketones is 1. The van der Waals surface area contributed by atoms with Gasteiger partial charge >= 0.3 is 0 Å². The Morgan fingerprint density at radius 2 is 1.52 bits per heavy atom. The van der Waals surface area contributed by atoms with Crippen LogP contribution in [0.1, 0.15) is 44.8 Å². The number of carbonyl (C=O) groups is 2. The molecule has 2 heterocycles. The van der Waals surface area contributed by atoms with Crippen molar-refractivity contribution in [1.29, 1.82) is 0 Å². The Labute approximate surface area is 191 Å². The van der Waals surface area contributed by atoms with Crippen molar-refractivity contribution < 1.29 is 14.0 Å². The Bertz CT molecular complexity index is 1320. The van der Waals surface area contributed by atoms with Gasteiger partial charge in [-0.15, -0.1) is 0 Å². The molecule has 1 amide bonds. The second-order valence-corrected chi connectivity index (χ2v) is 8.42. The zero-order chi connectivity index (χ0) is 23.1. The van der Waals surface area contributed by atoms with Crippen LogP contribution in [-0.2, 0) is 11.8 Å². The van der Waals surface area contributed by atoms with Crippen molar-refractivity contribution >= 4 is 17.4 Å². The number of nitrogens with zero attached hydrogens (tertiary/aromatic N) is 2. The minimum atomic E-state index is -0.472. The van der Waals surface area contributed by atoms with Crippen LogP contribution in [0, 0.1) is 12.7 Å². The van der Waals surface area contributed by atoms with Crippen molar-refractivity contribution in [2.45, 2.75) is 18.9 Å². The van der Waals surface area contributed by atoms with E-state index in [1.807, 2.05) is 79.2 Å². The number of amides is 1. The first-order valence-corrected chi connectivity index (χ1v) is 10.9. The summed E-state index contributed by atoms with van der Waals surface area (Å²) in [6.07, 6.45) is 0. The molecule has 0 spiro atoms. The van der Waals surface area contributed by atoms with E-state index in [1.54, 1.807) is 23.1 Å². The smallest absolute Gasteiger partial charge is 0.239 e. The Kier molecular flexibility index (Phi) is 5.17. The van der Waals surface area contributed by atoms with Crippen molar-refractivity contribution in [3.8, 4) is 0 Å². The molecule has 5 heteroatoms. The standard InChI is InChI=1S/C28H23FN2O2/c1-18-8-10-20(11-9-18)27(32)24-17-16-23(30(24)2)25-26(19-12-14-21(29)15-13-19)31(28(25)33)22-6-4-3-5-7-22/h3-17,25-26H,1-2H3/t25-,26-/m1/s1. The molecule has 0 unspecified atom stereocenters. The molecule has 4 nitrogen and oxygen atoms in total. The zero-order valence-corrected chi connectivity index (χ0v) is 18.4. The molecular weight excluding hydrogens is 415 g/mol. The highest BCUT2D eigenvalue weighted by molar-refractivity contribution is 6.09. The maximum atomic E-state index is 13.6. The van der Waals surface area contributed by atoms with E-state index in [9.17, 15) is 14.0 Å². The molecule has 1 aliphatic rings. The summed E-state index contributed by atoms with van der Waals surface area (Å²) in [5.74, 6) is -0.933. The van der Waals surface area contributed by atoms with E-state index in [0.29, 0.717) is 11.3 Å². The molecule has 3 aromatic carbocycles. The summed E-state index contributed by atoms with van der Waals surface area (Å²) in [5, 5.41) is 0. The third-order valence-corrected chi connectivity index (χ3v) is 6.37. The lowest BCUT2D eigenvalue weighted by Crippen LogP contribution is -2.54. The van der Waals surface area contributed by atoms with Crippen LogP contribution in [0.3, 0.4) is 0 Å². The summed E-state index contributed by atoms with van der Waals surface area (Å²) in [5.41, 5.74) is 4.61. The average molecular weight is 439 g/mol. The van der Waals surface area contributed by atoms with E-state index < -0.39 is 5.92 Å². The molecule has 5 rings (SSSR count). The van der Waals surface area contributed by atoms with E-state index >= 15 is 0 Å². The molecule has 0 aliphatic carbocycles. The van der Waals surface area contributed by atoms with Gasteiger partial charge in [-0.1, -0.05) is 60.2 Å². The predicted molar refractivity (Wildman–Crippen MR) is 126 cm³/mol. The molecule has 2 atom stereocenters. The zero-order valence-electron chi connectivity index (χ0n) is 18.4. The molecule has 4 aromatic rings. The molecule has 0 bridgehead atoms. The summed E-state index contributed by atoms with van der Waals surface area (Å²) >= 11 is 0. The van der Waals surface area contributed by atoms with Gasteiger partial charge in [0.05, 0.1) is 11.7 Å². The minimum Gasteiger partial charge on any atom is -0.344 e. The Morgan fingerprint density at radius 3 is 2.18 bits per heavy atom. The van der Waals surface area contributed by atoms with E-state index in [0.717, 1.165) is 22.5 Å². The van der Waals surface area contributed by atoms with Gasteiger partial charge in [0.15, 0.2) is 0 Å². The van der Waals surface area contributed by atoms with Crippen molar-refractivity contribution in [1.82, 2.24) is 4.57 Å². The van der Waals surface area contributed by atoms with Gasteiger partial charge in [-0.2, -0.15) is 0 Å². The van der Waals surface area contributed by atoms with E-state index in [2.05, 4.69) is 0 Å². The molecule has 164 valence electrons. The SMILES string of the molecule is Cc1ccc(C(=O)c2ccc([C@H]3C(=O)N(c4ccccc4)[C@@H]3c3ccc(F)cc3)n2C)cc1. The Balaban J connectivity index is 1.54. The summed E-state index contributed by atoms with van der Waals surface area (Å²) in [6, 6.07) is 26.5. The molecule has 0 N–H and O–H groups in total. The van der Waals surface area contributed by atoms with Crippen molar-refractivity contribution in [2.75, 3.05) is 4.90 Å². The topological polar surface area (TPSA) is 42.3 Å². The van der Waals surface area contributed by atoms with Crippen molar-refractivity contribution in [2.24, 2.45) is 7.05 Å². The number of hydrogen-bond donors (Lipinski definition) is 0. The second-order valence-electron chi connectivity index (χ2n) is 8.42. The fourth-order valence-corrected chi connectivity index (χ4v) is 4.58. The number of anilines is 1. The van der Waals surface area contributed by atoms with Crippen molar-refractivity contribution in [3.05, 3.63) is 125 Å². The number of carbonyl (C=O) groups excluding carboxylic acids is 2. The molecule has 1 saturated heterocycles. The van der Waals surface area contributed by atoms with Crippen LogP contribution >= 0.6 is 0 Å². The highest BCUT2D eigenvalue weighted by Gasteiger charge is 2.50. The molecule has 0 radical (unpaired) electrons. The van der Waals surface area contributed by atoms with E-state index in [4.69, 9.17) is 0 Å².